The first-order valence-electron chi connectivity index (χ1n) is 9.15. The van der Waals surface area contributed by atoms with E-state index in [1.807, 2.05) is 0 Å². The van der Waals surface area contributed by atoms with Crippen molar-refractivity contribution >= 4 is 23.1 Å². The number of benzene rings is 2. The Kier molecular flexibility index (Phi) is 4.79. The molecule has 0 saturated carbocycles. The lowest BCUT2D eigenvalue weighted by Gasteiger charge is -2.26. The summed E-state index contributed by atoms with van der Waals surface area (Å²) >= 11 is 0. The molecule has 2 aromatic carbocycles. The summed E-state index contributed by atoms with van der Waals surface area (Å²) < 4.78 is 13.3. The molecule has 150 valence electrons. The largest absolute Gasteiger partial charge is 0.507 e. The summed E-state index contributed by atoms with van der Waals surface area (Å²) in [5.74, 6) is -2.89. The minimum Gasteiger partial charge on any atom is -0.507 e. The Balaban J connectivity index is 1.97. The number of carbonyl (C=O) groups is 2. The molecule has 30 heavy (non-hydrogen) atoms. The number of rotatable bonds is 3. The third kappa shape index (κ3) is 3.20. The Hall–Kier alpha value is -4.00. The Morgan fingerprint density at radius 3 is 2.37 bits per heavy atom. The van der Waals surface area contributed by atoms with Gasteiger partial charge in [0.2, 0.25) is 0 Å². The molecule has 0 aliphatic carbocycles. The van der Waals surface area contributed by atoms with E-state index in [9.17, 15) is 24.2 Å². The van der Waals surface area contributed by atoms with Gasteiger partial charge in [0.15, 0.2) is 0 Å². The molecule has 6 nitrogen and oxygen atoms in total. The molecule has 0 spiro atoms. The summed E-state index contributed by atoms with van der Waals surface area (Å²) in [6, 6.07) is 11.9. The van der Waals surface area contributed by atoms with Gasteiger partial charge in [0.25, 0.3) is 11.7 Å². The molecule has 4 rings (SSSR count). The molecule has 1 atom stereocenters. The second-order valence-corrected chi connectivity index (χ2v) is 6.95. The molecule has 3 aromatic rings. The number of aromatic nitrogens is 1. The molecule has 0 bridgehead atoms. The maximum Gasteiger partial charge on any atom is 0.300 e. The van der Waals surface area contributed by atoms with E-state index < -0.39 is 29.3 Å². The zero-order valence-corrected chi connectivity index (χ0v) is 15.9. The van der Waals surface area contributed by atoms with Crippen molar-refractivity contribution in [3.63, 3.8) is 0 Å². The normalized spacial score (nSPS) is 18.1. The fourth-order valence-electron chi connectivity index (χ4n) is 3.53. The Morgan fingerprint density at radius 2 is 1.70 bits per heavy atom. The SMILES string of the molecule is Cc1ccc(O)c(N2C(=O)C(=O)/C(=C(/O)c3ccc(F)cc3)C2c2ccncc2)c1. The molecule has 1 amide bonds. The second-order valence-electron chi connectivity index (χ2n) is 6.95. The Morgan fingerprint density at radius 1 is 1.03 bits per heavy atom. The van der Waals surface area contributed by atoms with E-state index in [0.29, 0.717) is 5.56 Å². The monoisotopic (exact) mass is 404 g/mol. The smallest absolute Gasteiger partial charge is 0.300 e. The second kappa shape index (κ2) is 7.44. The number of pyridine rings is 1. The highest BCUT2D eigenvalue weighted by molar-refractivity contribution is 6.51. The number of carbonyl (C=O) groups excluding carboxylic acids is 2. The van der Waals surface area contributed by atoms with Crippen molar-refractivity contribution in [3.8, 4) is 5.75 Å². The standard InChI is InChI=1S/C23H17FN2O4/c1-13-2-7-18(27)17(12-13)26-20(14-8-10-25-11-9-14)19(22(29)23(26)30)21(28)15-3-5-16(24)6-4-15/h2-12,20,27-28H,1H3/b21-19+. The molecule has 1 aromatic heterocycles. The lowest BCUT2D eigenvalue weighted by Crippen LogP contribution is -2.29. The zero-order chi connectivity index (χ0) is 21.4. The summed E-state index contributed by atoms with van der Waals surface area (Å²) in [5, 5.41) is 21.3. The number of phenols is 1. The van der Waals surface area contributed by atoms with E-state index in [2.05, 4.69) is 4.98 Å². The fourth-order valence-corrected chi connectivity index (χ4v) is 3.53. The summed E-state index contributed by atoms with van der Waals surface area (Å²) in [6.45, 7) is 1.79. The minimum absolute atomic E-state index is 0.150. The van der Waals surface area contributed by atoms with E-state index in [1.54, 1.807) is 31.2 Å². The average molecular weight is 404 g/mol. The number of phenolic OH excluding ortho intramolecular Hbond substituents is 1. The van der Waals surface area contributed by atoms with Crippen molar-refractivity contribution in [3.05, 3.63) is 95.1 Å². The Labute approximate surface area is 171 Å². The van der Waals surface area contributed by atoms with Crippen LogP contribution in [0, 0.1) is 12.7 Å². The number of Topliss-reactive ketones (excluding diaryl/α,β-unsaturated/α-hetero) is 1. The molecule has 2 N–H and O–H groups in total. The zero-order valence-electron chi connectivity index (χ0n) is 15.9. The number of aromatic hydroxyl groups is 1. The predicted octanol–water partition coefficient (Wildman–Crippen LogP) is 3.86. The van der Waals surface area contributed by atoms with Gasteiger partial charge in [-0.15, -0.1) is 0 Å². The number of aliphatic hydroxyl groups excluding tert-OH is 1. The van der Waals surface area contributed by atoms with E-state index >= 15 is 0 Å². The van der Waals surface area contributed by atoms with E-state index in [4.69, 9.17) is 0 Å². The maximum atomic E-state index is 13.3. The maximum absolute atomic E-state index is 13.3. The number of anilines is 1. The number of hydrogen-bond acceptors (Lipinski definition) is 5. The minimum atomic E-state index is -0.995. The van der Waals surface area contributed by atoms with Crippen LogP contribution in [0.15, 0.2) is 72.6 Å². The van der Waals surface area contributed by atoms with Gasteiger partial charge in [-0.25, -0.2) is 4.39 Å². The van der Waals surface area contributed by atoms with Crippen molar-refractivity contribution in [1.82, 2.24) is 4.98 Å². The van der Waals surface area contributed by atoms with Crippen LogP contribution in [0.2, 0.25) is 0 Å². The molecule has 1 aliphatic heterocycles. The Bertz CT molecular complexity index is 1170. The molecule has 1 aliphatic rings. The molecule has 0 radical (unpaired) electrons. The van der Waals surface area contributed by atoms with Crippen molar-refractivity contribution in [2.75, 3.05) is 4.90 Å². The number of halogens is 1. The van der Waals surface area contributed by atoms with Gasteiger partial charge in [-0.05, 0) is 66.6 Å². The van der Waals surface area contributed by atoms with Gasteiger partial charge in [-0.1, -0.05) is 6.07 Å². The van der Waals surface area contributed by atoms with Crippen LogP contribution in [0.25, 0.3) is 5.76 Å². The first-order chi connectivity index (χ1) is 14.4. The number of aliphatic hydroxyl groups is 1. The van der Waals surface area contributed by atoms with Crippen LogP contribution in [-0.4, -0.2) is 26.9 Å². The summed E-state index contributed by atoms with van der Waals surface area (Å²) in [4.78, 5) is 31.1. The molecular formula is C23H17FN2O4. The fraction of sp³-hybridized carbons (Fsp3) is 0.0870. The van der Waals surface area contributed by atoms with Crippen LogP contribution in [-0.2, 0) is 9.59 Å². The van der Waals surface area contributed by atoms with Crippen LogP contribution in [0.1, 0.15) is 22.7 Å². The van der Waals surface area contributed by atoms with E-state index in [0.717, 1.165) is 22.6 Å². The lowest BCUT2D eigenvalue weighted by atomic mass is 9.95. The molecule has 7 heteroatoms. The highest BCUT2D eigenvalue weighted by Gasteiger charge is 2.47. The summed E-state index contributed by atoms with van der Waals surface area (Å²) in [6.07, 6.45) is 3.01. The van der Waals surface area contributed by atoms with Crippen molar-refractivity contribution < 1.29 is 24.2 Å². The number of aryl methyl sites for hydroxylation is 1. The summed E-state index contributed by atoms with van der Waals surface area (Å²) in [5.41, 5.74) is 1.49. The van der Waals surface area contributed by atoms with Crippen LogP contribution < -0.4 is 4.90 Å². The third-order valence-electron chi connectivity index (χ3n) is 4.97. The van der Waals surface area contributed by atoms with Gasteiger partial charge in [-0.3, -0.25) is 19.5 Å². The molecular weight excluding hydrogens is 387 g/mol. The molecule has 1 saturated heterocycles. The van der Waals surface area contributed by atoms with Gasteiger partial charge in [0.1, 0.15) is 17.3 Å². The van der Waals surface area contributed by atoms with Gasteiger partial charge < -0.3 is 10.2 Å². The summed E-state index contributed by atoms with van der Waals surface area (Å²) in [7, 11) is 0. The highest BCUT2D eigenvalue weighted by Crippen LogP contribution is 2.44. The molecule has 1 unspecified atom stereocenters. The van der Waals surface area contributed by atoms with Crippen LogP contribution >= 0.6 is 0 Å². The average Bonchev–Trinajstić information content (AvgIpc) is 3.01. The first kappa shape index (κ1) is 19.3. The third-order valence-corrected chi connectivity index (χ3v) is 4.97. The van der Waals surface area contributed by atoms with Gasteiger partial charge in [0.05, 0.1) is 17.3 Å². The number of ketones is 1. The number of amides is 1. The number of hydrogen-bond donors (Lipinski definition) is 2. The van der Waals surface area contributed by atoms with Crippen LogP contribution in [0.4, 0.5) is 10.1 Å². The molecule has 1 fully saturated rings. The topological polar surface area (TPSA) is 90.7 Å². The molecule has 2 heterocycles. The predicted molar refractivity (Wildman–Crippen MR) is 108 cm³/mol. The highest BCUT2D eigenvalue weighted by atomic mass is 19.1. The number of nitrogens with zero attached hydrogens (tertiary/aromatic N) is 2. The van der Waals surface area contributed by atoms with E-state index in [1.165, 1.54) is 30.6 Å². The van der Waals surface area contributed by atoms with Gasteiger partial charge in [-0.2, -0.15) is 0 Å². The van der Waals surface area contributed by atoms with Gasteiger partial charge in [0, 0.05) is 18.0 Å². The van der Waals surface area contributed by atoms with Crippen LogP contribution in [0.5, 0.6) is 5.75 Å². The first-order valence-corrected chi connectivity index (χ1v) is 9.15. The van der Waals surface area contributed by atoms with Crippen molar-refractivity contribution in [2.45, 2.75) is 13.0 Å². The lowest BCUT2D eigenvalue weighted by molar-refractivity contribution is -0.132. The van der Waals surface area contributed by atoms with E-state index in [-0.39, 0.29) is 22.6 Å². The van der Waals surface area contributed by atoms with Gasteiger partial charge >= 0.3 is 0 Å². The van der Waals surface area contributed by atoms with Crippen LogP contribution in [0.3, 0.4) is 0 Å². The quantitative estimate of drug-likeness (QED) is 0.393. The van der Waals surface area contributed by atoms with Crippen molar-refractivity contribution in [2.24, 2.45) is 0 Å². The van der Waals surface area contributed by atoms with Crippen molar-refractivity contribution in [1.29, 1.82) is 0 Å².